The number of nitrogens with zero attached hydrogens (tertiary/aromatic N) is 4. The van der Waals surface area contributed by atoms with Gasteiger partial charge in [-0.25, -0.2) is 14.1 Å². The quantitative estimate of drug-likeness (QED) is 0.385. The number of aryl methyl sites for hydroxylation is 2. The zero-order valence-corrected chi connectivity index (χ0v) is 19.9. The molecule has 0 atom stereocenters. The lowest BCUT2D eigenvalue weighted by molar-refractivity contribution is 0.0583. The van der Waals surface area contributed by atoms with Crippen LogP contribution < -0.4 is 4.74 Å². The van der Waals surface area contributed by atoms with Crippen molar-refractivity contribution in [1.29, 1.82) is 0 Å². The maximum absolute atomic E-state index is 13.9. The number of piperidine rings is 1. The summed E-state index contributed by atoms with van der Waals surface area (Å²) in [4.78, 5) is 20.5. The molecule has 0 unspecified atom stereocenters. The van der Waals surface area contributed by atoms with Crippen LogP contribution in [0, 0.1) is 19.7 Å². The molecule has 3 heterocycles. The van der Waals surface area contributed by atoms with E-state index in [0.717, 1.165) is 34.6 Å². The number of hydrogen-bond donors (Lipinski definition) is 0. The Hall–Kier alpha value is -3.52. The van der Waals surface area contributed by atoms with Gasteiger partial charge in [-0.15, -0.1) is 16.4 Å². The number of amides is 1. The summed E-state index contributed by atoms with van der Waals surface area (Å²) in [5, 5.41) is 6.42. The molecule has 1 saturated heterocycles. The Morgan fingerprint density at radius 2 is 1.91 bits per heavy atom. The van der Waals surface area contributed by atoms with Gasteiger partial charge in [0, 0.05) is 25.9 Å². The van der Waals surface area contributed by atoms with Crippen LogP contribution in [0.5, 0.6) is 5.75 Å². The normalized spacial score (nSPS) is 14.4. The van der Waals surface area contributed by atoms with Gasteiger partial charge < -0.3 is 9.64 Å². The monoisotopic (exact) mass is 476 g/mol. The highest BCUT2D eigenvalue weighted by atomic mass is 32.1. The molecule has 6 nitrogen and oxygen atoms in total. The maximum atomic E-state index is 13.9. The first kappa shape index (κ1) is 22.3. The molecule has 0 radical (unpaired) electrons. The molecule has 2 aromatic heterocycles. The number of hydrogen-bond acceptors (Lipinski definition) is 5. The second kappa shape index (κ2) is 9.38. The van der Waals surface area contributed by atoms with Crippen LogP contribution in [-0.2, 0) is 0 Å². The average molecular weight is 477 g/mol. The second-order valence-electron chi connectivity index (χ2n) is 8.51. The molecule has 1 aliphatic rings. The summed E-state index contributed by atoms with van der Waals surface area (Å²) in [5.41, 5.74) is 2.79. The van der Waals surface area contributed by atoms with E-state index < -0.39 is 0 Å². The lowest BCUT2D eigenvalue weighted by atomic mass is 10.1. The molecule has 8 heteroatoms. The van der Waals surface area contributed by atoms with Crippen molar-refractivity contribution >= 4 is 17.2 Å². The van der Waals surface area contributed by atoms with Crippen molar-refractivity contribution in [2.24, 2.45) is 0 Å². The zero-order chi connectivity index (χ0) is 23.7. The topological polar surface area (TPSA) is 60.2 Å². The summed E-state index contributed by atoms with van der Waals surface area (Å²) >= 11 is 1.49. The summed E-state index contributed by atoms with van der Waals surface area (Å²) in [6.07, 6.45) is 1.53. The molecule has 0 N–H and O–H groups in total. The van der Waals surface area contributed by atoms with Gasteiger partial charge in [-0.05, 0) is 60.7 Å². The highest BCUT2D eigenvalue weighted by Crippen LogP contribution is 2.27. The van der Waals surface area contributed by atoms with Crippen molar-refractivity contribution in [1.82, 2.24) is 19.7 Å². The van der Waals surface area contributed by atoms with Crippen LogP contribution in [-0.4, -0.2) is 44.8 Å². The van der Waals surface area contributed by atoms with Gasteiger partial charge in [0.25, 0.3) is 5.91 Å². The van der Waals surface area contributed by atoms with Crippen LogP contribution in [0.4, 0.5) is 4.39 Å². The predicted octanol–water partition coefficient (Wildman–Crippen LogP) is 5.44. The van der Waals surface area contributed by atoms with Crippen LogP contribution in [0.3, 0.4) is 0 Å². The van der Waals surface area contributed by atoms with E-state index in [9.17, 15) is 9.18 Å². The molecule has 0 saturated carbocycles. The summed E-state index contributed by atoms with van der Waals surface area (Å²) in [5.74, 6) is 0.946. The second-order valence-corrected chi connectivity index (χ2v) is 9.45. The van der Waals surface area contributed by atoms with Crippen LogP contribution in [0.1, 0.15) is 34.6 Å². The van der Waals surface area contributed by atoms with E-state index in [1.807, 2.05) is 31.4 Å². The lowest BCUT2D eigenvalue weighted by Gasteiger charge is -2.32. The van der Waals surface area contributed by atoms with E-state index in [0.29, 0.717) is 24.6 Å². The smallest absolute Gasteiger partial charge is 0.293 e. The highest BCUT2D eigenvalue weighted by Gasteiger charge is 2.28. The number of carbonyl (C=O) groups excluding carboxylic acids is 1. The molecule has 34 heavy (non-hydrogen) atoms. The van der Waals surface area contributed by atoms with Gasteiger partial charge in [0.05, 0.1) is 10.6 Å². The average Bonchev–Trinajstić information content (AvgIpc) is 3.52. The van der Waals surface area contributed by atoms with E-state index >= 15 is 0 Å². The van der Waals surface area contributed by atoms with Gasteiger partial charge >= 0.3 is 0 Å². The summed E-state index contributed by atoms with van der Waals surface area (Å²) in [6, 6.07) is 16.1. The van der Waals surface area contributed by atoms with Gasteiger partial charge in [0.15, 0.2) is 5.82 Å². The van der Waals surface area contributed by atoms with Crippen molar-refractivity contribution in [3.8, 4) is 22.1 Å². The SMILES string of the molecule is Cc1ccc(C)c(OC2CCN(C(=O)c3nc(-c4cccs4)n(-c4cccc(F)c4)n3)CC2)c1. The van der Waals surface area contributed by atoms with Gasteiger partial charge in [-0.3, -0.25) is 4.79 Å². The van der Waals surface area contributed by atoms with Gasteiger partial charge in [-0.2, -0.15) is 0 Å². The predicted molar refractivity (Wildman–Crippen MR) is 130 cm³/mol. The Labute approximate surface area is 201 Å². The van der Waals surface area contributed by atoms with E-state index in [-0.39, 0.29) is 23.7 Å². The Morgan fingerprint density at radius 3 is 2.65 bits per heavy atom. The molecule has 0 bridgehead atoms. The number of ether oxygens (including phenoxy) is 1. The van der Waals surface area contributed by atoms with E-state index in [2.05, 4.69) is 28.3 Å². The fourth-order valence-electron chi connectivity index (χ4n) is 4.09. The number of likely N-dealkylation sites (tertiary alicyclic amines) is 1. The van der Waals surface area contributed by atoms with Crippen LogP contribution >= 0.6 is 11.3 Å². The number of benzene rings is 2. The third-order valence-electron chi connectivity index (χ3n) is 5.96. The van der Waals surface area contributed by atoms with Crippen LogP contribution in [0.15, 0.2) is 60.0 Å². The van der Waals surface area contributed by atoms with Crippen LogP contribution in [0.25, 0.3) is 16.4 Å². The Morgan fingerprint density at radius 1 is 1.09 bits per heavy atom. The fourth-order valence-corrected chi connectivity index (χ4v) is 4.79. The molecule has 0 aliphatic carbocycles. The molecule has 0 spiro atoms. The molecular weight excluding hydrogens is 451 g/mol. The Kier molecular flexibility index (Phi) is 6.15. The van der Waals surface area contributed by atoms with E-state index in [1.165, 1.54) is 23.5 Å². The van der Waals surface area contributed by atoms with Crippen molar-refractivity contribution in [3.05, 3.63) is 82.7 Å². The zero-order valence-electron chi connectivity index (χ0n) is 19.1. The Bertz CT molecular complexity index is 1310. The van der Waals surface area contributed by atoms with Gasteiger partial charge in [0.2, 0.25) is 5.82 Å². The minimum atomic E-state index is -0.371. The lowest BCUT2D eigenvalue weighted by Crippen LogP contribution is -2.42. The first-order chi connectivity index (χ1) is 16.5. The van der Waals surface area contributed by atoms with Crippen LogP contribution in [0.2, 0.25) is 0 Å². The summed E-state index contributed by atoms with van der Waals surface area (Å²) < 4.78 is 21.7. The molecule has 2 aromatic carbocycles. The molecule has 4 aromatic rings. The van der Waals surface area contributed by atoms with E-state index in [4.69, 9.17) is 4.74 Å². The third-order valence-corrected chi connectivity index (χ3v) is 6.83. The number of carbonyl (C=O) groups is 1. The van der Waals surface area contributed by atoms with Gasteiger partial charge in [-0.1, -0.05) is 24.3 Å². The molecular formula is C26H25FN4O2S. The van der Waals surface area contributed by atoms with Crippen molar-refractivity contribution in [2.75, 3.05) is 13.1 Å². The van der Waals surface area contributed by atoms with Gasteiger partial charge in [0.1, 0.15) is 17.7 Å². The minimum Gasteiger partial charge on any atom is -0.490 e. The summed E-state index contributed by atoms with van der Waals surface area (Å²) in [6.45, 7) is 5.22. The summed E-state index contributed by atoms with van der Waals surface area (Å²) in [7, 11) is 0. The van der Waals surface area contributed by atoms with E-state index in [1.54, 1.807) is 21.7 Å². The molecule has 1 amide bonds. The molecule has 1 fully saturated rings. The first-order valence-corrected chi connectivity index (χ1v) is 12.2. The highest BCUT2D eigenvalue weighted by molar-refractivity contribution is 7.13. The molecule has 1 aliphatic heterocycles. The molecule has 174 valence electrons. The fraction of sp³-hybridized carbons (Fsp3) is 0.269. The standard InChI is InChI=1S/C26H25FN4O2S/c1-17-8-9-18(2)22(15-17)33-21-10-12-30(13-11-21)26(32)24-28-25(23-7-4-14-34-23)31(29-24)20-6-3-5-19(27)16-20/h3-9,14-16,21H,10-13H2,1-2H3. The van der Waals surface area contributed by atoms with Crippen molar-refractivity contribution in [3.63, 3.8) is 0 Å². The Balaban J connectivity index is 1.33. The number of halogens is 1. The number of thiophene rings is 1. The number of rotatable bonds is 5. The maximum Gasteiger partial charge on any atom is 0.293 e. The minimum absolute atomic E-state index is 0.0593. The third kappa shape index (κ3) is 4.59. The molecule has 5 rings (SSSR count). The largest absolute Gasteiger partial charge is 0.490 e. The number of aromatic nitrogens is 3. The van der Waals surface area contributed by atoms with Crippen molar-refractivity contribution < 1.29 is 13.9 Å². The van der Waals surface area contributed by atoms with Crippen molar-refractivity contribution in [2.45, 2.75) is 32.8 Å². The first-order valence-electron chi connectivity index (χ1n) is 11.3.